The van der Waals surface area contributed by atoms with E-state index in [4.69, 9.17) is 5.26 Å². The van der Waals surface area contributed by atoms with E-state index in [1.54, 1.807) is 18.2 Å². The van der Waals surface area contributed by atoms with Crippen molar-refractivity contribution in [3.63, 3.8) is 0 Å². The molecule has 0 heterocycles. The lowest BCUT2D eigenvalue weighted by Crippen LogP contribution is -2.20. The van der Waals surface area contributed by atoms with Crippen molar-refractivity contribution in [3.05, 3.63) is 47.0 Å². The van der Waals surface area contributed by atoms with Crippen LogP contribution < -0.4 is 5.32 Å². The first kappa shape index (κ1) is 12.0. The summed E-state index contributed by atoms with van der Waals surface area (Å²) in [6, 6.07) is 9.19. The molecule has 0 spiro atoms. The Morgan fingerprint density at radius 1 is 1.38 bits per heavy atom. The van der Waals surface area contributed by atoms with Crippen molar-refractivity contribution in [2.45, 2.75) is 20.4 Å². The Kier molecular flexibility index (Phi) is 4.28. The highest BCUT2D eigenvalue weighted by Crippen LogP contribution is 2.02. The minimum atomic E-state index is -0.0932. The Morgan fingerprint density at radius 3 is 2.50 bits per heavy atom. The SMILES string of the molecule is CC(C)=CC(=O)NCc1ccc(C#N)cc1. The molecule has 0 atom stereocenters. The van der Waals surface area contributed by atoms with Crippen molar-refractivity contribution >= 4 is 5.91 Å². The van der Waals surface area contributed by atoms with E-state index in [9.17, 15) is 4.79 Å². The fraction of sp³-hybridized carbons (Fsp3) is 0.231. The largest absolute Gasteiger partial charge is 0.348 e. The molecule has 1 aromatic rings. The number of rotatable bonds is 3. The van der Waals surface area contributed by atoms with Crippen LogP contribution in [0.15, 0.2) is 35.9 Å². The van der Waals surface area contributed by atoms with Gasteiger partial charge in [0.2, 0.25) is 5.91 Å². The smallest absolute Gasteiger partial charge is 0.244 e. The van der Waals surface area contributed by atoms with Crippen LogP contribution in [-0.2, 0) is 11.3 Å². The molecule has 0 radical (unpaired) electrons. The lowest BCUT2D eigenvalue weighted by molar-refractivity contribution is -0.116. The summed E-state index contributed by atoms with van der Waals surface area (Å²) in [6.45, 7) is 4.23. The molecule has 0 saturated heterocycles. The molecule has 0 unspecified atom stereocenters. The van der Waals surface area contributed by atoms with Crippen LogP contribution in [0.25, 0.3) is 0 Å². The van der Waals surface area contributed by atoms with Gasteiger partial charge in [-0.25, -0.2) is 0 Å². The van der Waals surface area contributed by atoms with Gasteiger partial charge in [-0.3, -0.25) is 4.79 Å². The molecule has 3 heteroatoms. The monoisotopic (exact) mass is 214 g/mol. The first-order chi connectivity index (χ1) is 7.61. The molecule has 1 N–H and O–H groups in total. The third-order valence-corrected chi connectivity index (χ3v) is 1.97. The summed E-state index contributed by atoms with van der Waals surface area (Å²) in [4.78, 5) is 11.3. The van der Waals surface area contributed by atoms with Crippen LogP contribution in [-0.4, -0.2) is 5.91 Å². The average molecular weight is 214 g/mol. The van der Waals surface area contributed by atoms with E-state index in [1.165, 1.54) is 0 Å². The molecule has 1 amide bonds. The van der Waals surface area contributed by atoms with Crippen LogP contribution in [0.2, 0.25) is 0 Å². The molecule has 0 saturated carbocycles. The fourth-order valence-corrected chi connectivity index (χ4v) is 1.20. The highest BCUT2D eigenvalue weighted by atomic mass is 16.1. The minimum absolute atomic E-state index is 0.0932. The van der Waals surface area contributed by atoms with Crippen molar-refractivity contribution in [2.75, 3.05) is 0 Å². The van der Waals surface area contributed by atoms with Gasteiger partial charge in [0.1, 0.15) is 0 Å². The van der Waals surface area contributed by atoms with Gasteiger partial charge in [-0.1, -0.05) is 17.7 Å². The number of nitrogens with zero attached hydrogens (tertiary/aromatic N) is 1. The van der Waals surface area contributed by atoms with Gasteiger partial charge in [0.25, 0.3) is 0 Å². The zero-order valence-electron chi connectivity index (χ0n) is 9.45. The molecule has 1 rings (SSSR count). The van der Waals surface area contributed by atoms with Crippen molar-refractivity contribution in [1.82, 2.24) is 5.32 Å². The van der Waals surface area contributed by atoms with Crippen LogP contribution in [0.5, 0.6) is 0 Å². The molecule has 1 aromatic carbocycles. The number of nitriles is 1. The lowest BCUT2D eigenvalue weighted by Gasteiger charge is -2.02. The van der Waals surface area contributed by atoms with Gasteiger partial charge in [-0.15, -0.1) is 0 Å². The maximum Gasteiger partial charge on any atom is 0.244 e. The zero-order chi connectivity index (χ0) is 12.0. The third kappa shape index (κ3) is 3.97. The summed E-state index contributed by atoms with van der Waals surface area (Å²) >= 11 is 0. The van der Waals surface area contributed by atoms with Gasteiger partial charge in [0.05, 0.1) is 11.6 Å². The van der Waals surface area contributed by atoms with Crippen LogP contribution in [0.4, 0.5) is 0 Å². The van der Waals surface area contributed by atoms with Crippen molar-refractivity contribution in [1.29, 1.82) is 5.26 Å². The number of hydrogen-bond donors (Lipinski definition) is 1. The van der Waals surface area contributed by atoms with E-state index in [0.717, 1.165) is 11.1 Å². The molecule has 3 nitrogen and oxygen atoms in total. The fourth-order valence-electron chi connectivity index (χ4n) is 1.20. The second kappa shape index (κ2) is 5.72. The standard InChI is InChI=1S/C13H14N2O/c1-10(2)7-13(16)15-9-12-5-3-11(8-14)4-6-12/h3-7H,9H2,1-2H3,(H,15,16). The Balaban J connectivity index is 2.52. The molecular weight excluding hydrogens is 200 g/mol. The number of hydrogen-bond acceptors (Lipinski definition) is 2. The second-order valence-electron chi connectivity index (χ2n) is 3.75. The first-order valence-electron chi connectivity index (χ1n) is 5.03. The van der Waals surface area contributed by atoms with E-state index >= 15 is 0 Å². The summed E-state index contributed by atoms with van der Waals surface area (Å²) < 4.78 is 0. The van der Waals surface area contributed by atoms with Gasteiger partial charge in [-0.2, -0.15) is 5.26 Å². The molecule has 0 aromatic heterocycles. The van der Waals surface area contributed by atoms with Crippen molar-refractivity contribution in [3.8, 4) is 6.07 Å². The van der Waals surface area contributed by atoms with Crippen LogP contribution in [0.3, 0.4) is 0 Å². The predicted molar refractivity (Wildman–Crippen MR) is 62.4 cm³/mol. The van der Waals surface area contributed by atoms with E-state index in [0.29, 0.717) is 12.1 Å². The molecule has 0 aliphatic heterocycles. The summed E-state index contributed by atoms with van der Waals surface area (Å²) in [5.74, 6) is -0.0932. The highest BCUT2D eigenvalue weighted by molar-refractivity contribution is 5.87. The van der Waals surface area contributed by atoms with Gasteiger partial charge >= 0.3 is 0 Å². The number of nitrogens with one attached hydrogen (secondary N) is 1. The van der Waals surface area contributed by atoms with Crippen molar-refractivity contribution in [2.24, 2.45) is 0 Å². The van der Waals surface area contributed by atoms with Gasteiger partial charge < -0.3 is 5.32 Å². The Bertz CT molecular complexity index is 434. The topological polar surface area (TPSA) is 52.9 Å². The molecule has 0 fully saturated rings. The zero-order valence-corrected chi connectivity index (χ0v) is 9.45. The van der Waals surface area contributed by atoms with Crippen LogP contribution in [0.1, 0.15) is 25.0 Å². The first-order valence-corrected chi connectivity index (χ1v) is 5.03. The molecule has 16 heavy (non-hydrogen) atoms. The Hall–Kier alpha value is -2.08. The van der Waals surface area contributed by atoms with Crippen LogP contribution in [0, 0.1) is 11.3 Å². The highest BCUT2D eigenvalue weighted by Gasteiger charge is 1.97. The van der Waals surface area contributed by atoms with Gasteiger partial charge in [0, 0.05) is 12.6 Å². The van der Waals surface area contributed by atoms with Gasteiger partial charge in [-0.05, 0) is 31.5 Å². The average Bonchev–Trinajstić information content (AvgIpc) is 2.26. The van der Waals surface area contributed by atoms with E-state index < -0.39 is 0 Å². The Morgan fingerprint density at radius 2 is 2.00 bits per heavy atom. The molecule has 0 aliphatic rings. The minimum Gasteiger partial charge on any atom is -0.348 e. The number of carbonyl (C=O) groups excluding carboxylic acids is 1. The van der Waals surface area contributed by atoms with Crippen molar-refractivity contribution < 1.29 is 4.79 Å². The van der Waals surface area contributed by atoms with Gasteiger partial charge in [0.15, 0.2) is 0 Å². The summed E-state index contributed by atoms with van der Waals surface area (Å²) in [5.41, 5.74) is 2.58. The summed E-state index contributed by atoms with van der Waals surface area (Å²) in [5, 5.41) is 11.4. The molecule has 0 bridgehead atoms. The van der Waals surface area contributed by atoms with E-state index in [2.05, 4.69) is 5.32 Å². The quantitative estimate of drug-likeness (QED) is 0.784. The number of amides is 1. The lowest BCUT2D eigenvalue weighted by atomic mass is 10.1. The predicted octanol–water partition coefficient (Wildman–Crippen LogP) is 2.14. The summed E-state index contributed by atoms with van der Waals surface area (Å²) in [7, 11) is 0. The second-order valence-corrected chi connectivity index (χ2v) is 3.75. The molecule has 0 aliphatic carbocycles. The van der Waals surface area contributed by atoms with Crippen LogP contribution >= 0.6 is 0 Å². The number of carbonyl (C=O) groups is 1. The normalized spacial score (nSPS) is 9.06. The maximum atomic E-state index is 11.3. The number of benzene rings is 1. The third-order valence-electron chi connectivity index (χ3n) is 1.97. The Labute approximate surface area is 95.4 Å². The maximum absolute atomic E-state index is 11.3. The summed E-state index contributed by atoms with van der Waals surface area (Å²) in [6.07, 6.45) is 1.56. The van der Waals surface area contributed by atoms with E-state index in [1.807, 2.05) is 32.0 Å². The number of allylic oxidation sites excluding steroid dienone is 1. The molecule has 82 valence electrons. The van der Waals surface area contributed by atoms with E-state index in [-0.39, 0.29) is 5.91 Å². The molecular formula is C13H14N2O.